The zero-order valence-corrected chi connectivity index (χ0v) is 10.6. The number of hydrogen-bond donors (Lipinski definition) is 1. The van der Waals surface area contributed by atoms with Gasteiger partial charge in [0, 0.05) is 10.6 Å². The summed E-state index contributed by atoms with van der Waals surface area (Å²) in [5.74, 6) is -0.941. The number of halogens is 2. The molecule has 0 saturated carbocycles. The standard InChI is InChI=1S/C14H10ClFN2O/c15-12-5-1-3-10(7-12)9-17-18-14(19)11-4-2-6-13(16)8-11/h1-9H,(H,18,19)/b17-9-. The Morgan fingerprint density at radius 2 is 2.00 bits per heavy atom. The molecule has 2 aromatic carbocycles. The zero-order valence-electron chi connectivity index (χ0n) is 9.81. The number of hydrazone groups is 1. The minimum absolute atomic E-state index is 0.211. The molecule has 0 fully saturated rings. The van der Waals surface area contributed by atoms with Gasteiger partial charge in [-0.05, 0) is 35.9 Å². The van der Waals surface area contributed by atoms with Gasteiger partial charge in [-0.3, -0.25) is 4.79 Å². The van der Waals surface area contributed by atoms with E-state index in [1.165, 1.54) is 24.4 Å². The predicted octanol–water partition coefficient (Wildman–Crippen LogP) is 3.24. The molecule has 0 aromatic heterocycles. The van der Waals surface area contributed by atoms with E-state index < -0.39 is 11.7 Å². The molecule has 1 amide bonds. The molecule has 3 nitrogen and oxygen atoms in total. The van der Waals surface area contributed by atoms with Crippen molar-refractivity contribution in [2.75, 3.05) is 0 Å². The maximum Gasteiger partial charge on any atom is 0.271 e. The number of nitrogens with zero attached hydrogens (tertiary/aromatic N) is 1. The quantitative estimate of drug-likeness (QED) is 0.679. The molecule has 0 radical (unpaired) electrons. The molecular weight excluding hydrogens is 267 g/mol. The summed E-state index contributed by atoms with van der Waals surface area (Å²) in [6.07, 6.45) is 1.46. The Morgan fingerprint density at radius 1 is 1.21 bits per heavy atom. The third kappa shape index (κ3) is 3.89. The number of nitrogens with one attached hydrogen (secondary N) is 1. The lowest BCUT2D eigenvalue weighted by molar-refractivity contribution is 0.0954. The van der Waals surface area contributed by atoms with Gasteiger partial charge < -0.3 is 0 Å². The summed E-state index contributed by atoms with van der Waals surface area (Å²) in [7, 11) is 0. The Morgan fingerprint density at radius 3 is 2.74 bits per heavy atom. The van der Waals surface area contributed by atoms with Crippen LogP contribution < -0.4 is 5.43 Å². The molecule has 0 atom stereocenters. The average Bonchev–Trinajstić information content (AvgIpc) is 2.38. The lowest BCUT2D eigenvalue weighted by Gasteiger charge is -1.99. The van der Waals surface area contributed by atoms with Gasteiger partial charge in [0.25, 0.3) is 5.91 Å². The van der Waals surface area contributed by atoms with Gasteiger partial charge >= 0.3 is 0 Å². The van der Waals surface area contributed by atoms with Gasteiger partial charge in [-0.2, -0.15) is 5.10 Å². The third-order valence-electron chi connectivity index (χ3n) is 2.32. The van der Waals surface area contributed by atoms with E-state index in [4.69, 9.17) is 11.6 Å². The Balaban J connectivity index is 2.01. The molecule has 0 aliphatic heterocycles. The van der Waals surface area contributed by atoms with Gasteiger partial charge in [0.1, 0.15) is 5.82 Å². The van der Waals surface area contributed by atoms with Crippen LogP contribution in [0.25, 0.3) is 0 Å². The van der Waals surface area contributed by atoms with Crippen LogP contribution >= 0.6 is 11.6 Å². The largest absolute Gasteiger partial charge is 0.271 e. The summed E-state index contributed by atoms with van der Waals surface area (Å²) >= 11 is 5.81. The van der Waals surface area contributed by atoms with Crippen molar-refractivity contribution in [3.63, 3.8) is 0 Å². The van der Waals surface area contributed by atoms with Crippen molar-refractivity contribution in [3.8, 4) is 0 Å². The molecule has 0 aliphatic carbocycles. The summed E-state index contributed by atoms with van der Waals surface area (Å²) in [6, 6.07) is 12.4. The lowest BCUT2D eigenvalue weighted by atomic mass is 10.2. The second-order valence-corrected chi connectivity index (χ2v) is 4.20. The topological polar surface area (TPSA) is 41.5 Å². The van der Waals surface area contributed by atoms with E-state index in [1.807, 2.05) is 0 Å². The van der Waals surface area contributed by atoms with Gasteiger partial charge in [0.2, 0.25) is 0 Å². The Hall–Kier alpha value is -2.20. The van der Waals surface area contributed by atoms with Gasteiger partial charge in [0.15, 0.2) is 0 Å². The van der Waals surface area contributed by atoms with Crippen LogP contribution in [0.2, 0.25) is 5.02 Å². The van der Waals surface area contributed by atoms with Crippen molar-refractivity contribution in [1.82, 2.24) is 5.43 Å². The molecule has 0 saturated heterocycles. The van der Waals surface area contributed by atoms with Crippen LogP contribution in [0.4, 0.5) is 4.39 Å². The fraction of sp³-hybridized carbons (Fsp3) is 0. The average molecular weight is 277 g/mol. The number of benzene rings is 2. The molecule has 19 heavy (non-hydrogen) atoms. The highest BCUT2D eigenvalue weighted by Crippen LogP contribution is 2.08. The summed E-state index contributed by atoms with van der Waals surface area (Å²) in [6.45, 7) is 0. The number of amides is 1. The van der Waals surface area contributed by atoms with Crippen LogP contribution in [0.15, 0.2) is 53.6 Å². The fourth-order valence-electron chi connectivity index (χ4n) is 1.45. The Labute approximate surface area is 114 Å². The minimum atomic E-state index is -0.474. The van der Waals surface area contributed by atoms with Crippen molar-refractivity contribution < 1.29 is 9.18 Å². The number of carbonyl (C=O) groups is 1. The van der Waals surface area contributed by atoms with Crippen LogP contribution in [0, 0.1) is 5.82 Å². The number of hydrogen-bond acceptors (Lipinski definition) is 2. The molecule has 1 N–H and O–H groups in total. The molecule has 96 valence electrons. The summed E-state index contributed by atoms with van der Waals surface area (Å²) in [5, 5.41) is 4.37. The first-order chi connectivity index (χ1) is 9.15. The molecule has 2 rings (SSSR count). The van der Waals surface area contributed by atoms with Gasteiger partial charge in [-0.1, -0.05) is 29.8 Å². The second-order valence-electron chi connectivity index (χ2n) is 3.76. The highest BCUT2D eigenvalue weighted by molar-refractivity contribution is 6.30. The molecule has 0 heterocycles. The van der Waals surface area contributed by atoms with E-state index >= 15 is 0 Å². The zero-order chi connectivity index (χ0) is 13.7. The van der Waals surface area contributed by atoms with Crippen LogP contribution in [0.1, 0.15) is 15.9 Å². The Kier molecular flexibility index (Phi) is 4.26. The van der Waals surface area contributed by atoms with Crippen LogP contribution in [-0.4, -0.2) is 12.1 Å². The van der Waals surface area contributed by atoms with Crippen molar-refractivity contribution in [2.24, 2.45) is 5.10 Å². The van der Waals surface area contributed by atoms with Crippen LogP contribution in [0.5, 0.6) is 0 Å². The summed E-state index contributed by atoms with van der Waals surface area (Å²) in [4.78, 5) is 11.6. The second kappa shape index (κ2) is 6.11. The predicted molar refractivity (Wildman–Crippen MR) is 72.9 cm³/mol. The van der Waals surface area contributed by atoms with E-state index in [0.29, 0.717) is 5.02 Å². The van der Waals surface area contributed by atoms with Crippen molar-refractivity contribution in [2.45, 2.75) is 0 Å². The molecule has 0 unspecified atom stereocenters. The number of rotatable bonds is 3. The van der Waals surface area contributed by atoms with Crippen LogP contribution in [0.3, 0.4) is 0 Å². The monoisotopic (exact) mass is 276 g/mol. The minimum Gasteiger partial charge on any atom is -0.267 e. The van der Waals surface area contributed by atoms with E-state index in [0.717, 1.165) is 11.6 Å². The molecule has 0 spiro atoms. The first-order valence-electron chi connectivity index (χ1n) is 5.50. The molecule has 0 bridgehead atoms. The first kappa shape index (κ1) is 13.2. The normalized spacial score (nSPS) is 10.6. The smallest absolute Gasteiger partial charge is 0.267 e. The fourth-order valence-corrected chi connectivity index (χ4v) is 1.65. The maximum atomic E-state index is 12.9. The summed E-state index contributed by atoms with van der Waals surface area (Å²) < 4.78 is 12.9. The van der Waals surface area contributed by atoms with E-state index in [-0.39, 0.29) is 5.56 Å². The summed E-state index contributed by atoms with van der Waals surface area (Å²) in [5.41, 5.74) is 3.28. The highest BCUT2D eigenvalue weighted by atomic mass is 35.5. The third-order valence-corrected chi connectivity index (χ3v) is 2.55. The van der Waals surface area contributed by atoms with Crippen molar-refractivity contribution in [1.29, 1.82) is 0 Å². The Bertz CT molecular complexity index is 628. The van der Waals surface area contributed by atoms with Gasteiger partial charge in [-0.15, -0.1) is 0 Å². The molecule has 5 heteroatoms. The van der Waals surface area contributed by atoms with Gasteiger partial charge in [0.05, 0.1) is 6.21 Å². The van der Waals surface area contributed by atoms with E-state index in [9.17, 15) is 9.18 Å². The van der Waals surface area contributed by atoms with Crippen molar-refractivity contribution >= 4 is 23.7 Å². The van der Waals surface area contributed by atoms with E-state index in [2.05, 4.69) is 10.5 Å². The lowest BCUT2D eigenvalue weighted by Crippen LogP contribution is -2.17. The first-order valence-corrected chi connectivity index (χ1v) is 5.87. The van der Waals surface area contributed by atoms with E-state index in [1.54, 1.807) is 24.3 Å². The molecule has 0 aliphatic rings. The molecule has 2 aromatic rings. The van der Waals surface area contributed by atoms with Crippen molar-refractivity contribution in [3.05, 3.63) is 70.5 Å². The SMILES string of the molecule is O=C(N/N=C\c1cccc(Cl)c1)c1cccc(F)c1. The van der Waals surface area contributed by atoms with Gasteiger partial charge in [-0.25, -0.2) is 9.82 Å². The highest BCUT2D eigenvalue weighted by Gasteiger charge is 2.04. The van der Waals surface area contributed by atoms with Crippen LogP contribution in [-0.2, 0) is 0 Å². The number of carbonyl (C=O) groups excluding carboxylic acids is 1. The maximum absolute atomic E-state index is 12.9. The molecular formula is C14H10ClFN2O.